The zero-order valence-electron chi connectivity index (χ0n) is 33.3. The van der Waals surface area contributed by atoms with E-state index < -0.39 is 90.8 Å². The van der Waals surface area contributed by atoms with Gasteiger partial charge >= 0.3 is 12.0 Å². The van der Waals surface area contributed by atoms with E-state index >= 15 is 0 Å². The van der Waals surface area contributed by atoms with Crippen LogP contribution in [0.3, 0.4) is 0 Å². The van der Waals surface area contributed by atoms with Crippen LogP contribution in [-0.4, -0.2) is 103 Å². The van der Waals surface area contributed by atoms with Gasteiger partial charge in [0.1, 0.15) is 30.8 Å². The van der Waals surface area contributed by atoms with E-state index in [0.29, 0.717) is 19.3 Å². The molecule has 7 amide bonds. The minimum Gasteiger partial charge on any atom is -0.460 e. The summed E-state index contributed by atoms with van der Waals surface area (Å²) in [5, 5.41) is 19.5. The standard InChI is InChI=1S/C37H69N7O9/c1-9-11-12-13-14-15-16-17-18-29(53-30(46)21-40-33(48)25(6)20-41-37(39)52)26(7)36(51)44(8)28(19-23(3)4)34(49)43-31(24(5)10-2)35(50)42-27(22-45)32(38)47/h23-29,31,45H,9-22H2,1-8H3,(H2,38,47)(H,40,48)(H,42,50)(H,43,49)(H3,39,41,52)/t24-,25-,26+,27-,28-,29+,31-/m0/s1. The smallest absolute Gasteiger partial charge is 0.325 e. The van der Waals surface area contributed by atoms with Crippen molar-refractivity contribution in [2.24, 2.45) is 35.1 Å². The Morgan fingerprint density at radius 2 is 1.36 bits per heavy atom. The predicted molar refractivity (Wildman–Crippen MR) is 202 cm³/mol. The Morgan fingerprint density at radius 3 is 1.87 bits per heavy atom. The number of primary amides is 2. The number of carbonyl (C=O) groups is 7. The molecule has 0 aliphatic heterocycles. The van der Waals surface area contributed by atoms with E-state index in [1.165, 1.54) is 24.8 Å². The Labute approximate surface area is 316 Å². The number of likely N-dealkylation sites (N-methyl/N-ethyl adjacent to an activating group) is 1. The lowest BCUT2D eigenvalue weighted by Crippen LogP contribution is -2.59. The van der Waals surface area contributed by atoms with Gasteiger partial charge in [0.2, 0.25) is 29.5 Å². The first-order valence-electron chi connectivity index (χ1n) is 19.2. The van der Waals surface area contributed by atoms with Crippen LogP contribution in [-0.2, 0) is 33.5 Å². The van der Waals surface area contributed by atoms with Crippen molar-refractivity contribution in [3.8, 4) is 0 Å². The number of nitrogens with two attached hydrogens (primary N) is 2. The molecule has 0 aromatic rings. The molecule has 0 radical (unpaired) electrons. The molecule has 0 bridgehead atoms. The molecule has 0 rings (SSSR count). The summed E-state index contributed by atoms with van der Waals surface area (Å²) in [6, 6.07) is -4.19. The molecule has 0 aliphatic rings. The average Bonchev–Trinajstić information content (AvgIpc) is 3.11. The number of aliphatic hydroxyl groups is 1. The minimum atomic E-state index is -1.33. The second-order valence-corrected chi connectivity index (χ2v) is 14.6. The van der Waals surface area contributed by atoms with Crippen molar-refractivity contribution in [1.29, 1.82) is 0 Å². The zero-order valence-corrected chi connectivity index (χ0v) is 33.3. The van der Waals surface area contributed by atoms with Crippen LogP contribution in [0.4, 0.5) is 4.79 Å². The van der Waals surface area contributed by atoms with Crippen LogP contribution in [0.1, 0.15) is 119 Å². The van der Waals surface area contributed by atoms with E-state index in [1.54, 1.807) is 20.8 Å². The number of ether oxygens (including phenoxy) is 1. The molecule has 0 spiro atoms. The third-order valence-electron chi connectivity index (χ3n) is 9.46. The lowest BCUT2D eigenvalue weighted by atomic mass is 9.94. The summed E-state index contributed by atoms with van der Waals surface area (Å²) in [4.78, 5) is 90.5. The molecule has 0 heterocycles. The summed E-state index contributed by atoms with van der Waals surface area (Å²) < 4.78 is 5.80. The topological polar surface area (TPSA) is 252 Å². The first-order chi connectivity index (χ1) is 24.9. The van der Waals surface area contributed by atoms with Crippen LogP contribution in [0.15, 0.2) is 0 Å². The van der Waals surface area contributed by atoms with E-state index in [4.69, 9.17) is 16.2 Å². The summed E-state index contributed by atoms with van der Waals surface area (Å²) in [6.07, 6.45) is 8.62. The molecule has 53 heavy (non-hydrogen) atoms. The van der Waals surface area contributed by atoms with Gasteiger partial charge in [0.25, 0.3) is 0 Å². The molecule has 7 atom stereocenters. The molecule has 0 fully saturated rings. The second kappa shape index (κ2) is 26.8. The van der Waals surface area contributed by atoms with Crippen molar-refractivity contribution in [1.82, 2.24) is 26.2 Å². The van der Waals surface area contributed by atoms with E-state index in [1.807, 2.05) is 20.8 Å². The highest BCUT2D eigenvalue weighted by molar-refractivity contribution is 5.94. The highest BCUT2D eigenvalue weighted by atomic mass is 16.5. The molecule has 16 nitrogen and oxygen atoms in total. The maximum atomic E-state index is 14.1. The Bertz CT molecular complexity index is 1170. The Morgan fingerprint density at radius 1 is 0.774 bits per heavy atom. The molecule has 0 aromatic heterocycles. The van der Waals surface area contributed by atoms with Crippen LogP contribution >= 0.6 is 0 Å². The fraction of sp³-hybridized carbons (Fsp3) is 0.811. The van der Waals surface area contributed by atoms with Gasteiger partial charge in [-0.3, -0.25) is 28.8 Å². The summed E-state index contributed by atoms with van der Waals surface area (Å²) >= 11 is 0. The summed E-state index contributed by atoms with van der Waals surface area (Å²) in [5.41, 5.74) is 10.4. The number of hydrogen-bond donors (Lipinski definition) is 7. The number of esters is 1. The molecule has 0 saturated heterocycles. The van der Waals surface area contributed by atoms with E-state index in [0.717, 1.165) is 32.1 Å². The molecule has 0 aromatic carbocycles. The lowest BCUT2D eigenvalue weighted by Gasteiger charge is -2.34. The van der Waals surface area contributed by atoms with Gasteiger partial charge < -0.3 is 47.5 Å². The summed E-state index contributed by atoms with van der Waals surface area (Å²) in [7, 11) is 1.50. The number of nitrogens with zero attached hydrogens (tertiary/aromatic N) is 1. The second-order valence-electron chi connectivity index (χ2n) is 14.6. The van der Waals surface area contributed by atoms with Crippen molar-refractivity contribution in [2.45, 2.75) is 143 Å². The molecular formula is C37H69N7O9. The fourth-order valence-electron chi connectivity index (χ4n) is 5.72. The van der Waals surface area contributed by atoms with E-state index in [9.17, 15) is 38.7 Å². The number of rotatable bonds is 28. The Balaban J connectivity index is 6.03. The van der Waals surface area contributed by atoms with Crippen molar-refractivity contribution in [2.75, 3.05) is 26.7 Å². The summed E-state index contributed by atoms with van der Waals surface area (Å²) in [6.45, 7) is 11.6. The first kappa shape index (κ1) is 49.0. The van der Waals surface area contributed by atoms with Gasteiger partial charge in [-0.15, -0.1) is 0 Å². The molecule has 16 heteroatoms. The van der Waals surface area contributed by atoms with Gasteiger partial charge in [0.15, 0.2) is 0 Å². The number of hydrogen-bond acceptors (Lipinski definition) is 9. The number of carbonyl (C=O) groups excluding carboxylic acids is 7. The average molecular weight is 756 g/mol. The number of aliphatic hydroxyl groups excluding tert-OH is 1. The van der Waals surface area contributed by atoms with Gasteiger partial charge in [0.05, 0.1) is 18.4 Å². The SMILES string of the molecule is CCCCCCCCCC[C@@H](OC(=O)CNC(=O)[C@@H](C)CNC(N)=O)[C@@H](C)C(=O)N(C)[C@@H](CC(C)C)C(=O)N[C@H](C(=O)N[C@@H](CO)C(N)=O)[C@@H](C)CC. The first-order valence-corrected chi connectivity index (χ1v) is 19.2. The van der Waals surface area contributed by atoms with Crippen molar-refractivity contribution in [3.05, 3.63) is 0 Å². The Kier molecular flexibility index (Phi) is 24.8. The third kappa shape index (κ3) is 19.6. The zero-order chi connectivity index (χ0) is 40.7. The van der Waals surface area contributed by atoms with Gasteiger partial charge in [0, 0.05) is 13.6 Å². The van der Waals surface area contributed by atoms with E-state index in [-0.39, 0.29) is 24.8 Å². The normalized spacial score (nSPS) is 15.1. The van der Waals surface area contributed by atoms with Crippen molar-refractivity contribution < 1.29 is 43.4 Å². The minimum absolute atomic E-state index is 0.0143. The Hall–Kier alpha value is -3.95. The number of nitrogens with one attached hydrogen (secondary N) is 4. The third-order valence-corrected chi connectivity index (χ3v) is 9.46. The fourth-order valence-corrected chi connectivity index (χ4v) is 5.72. The molecule has 0 saturated carbocycles. The number of amides is 7. The molecule has 0 unspecified atom stereocenters. The van der Waals surface area contributed by atoms with Gasteiger partial charge in [-0.2, -0.15) is 0 Å². The molecular weight excluding hydrogens is 686 g/mol. The van der Waals surface area contributed by atoms with E-state index in [2.05, 4.69) is 28.2 Å². The van der Waals surface area contributed by atoms with Crippen LogP contribution in [0.25, 0.3) is 0 Å². The molecule has 306 valence electrons. The number of unbranched alkanes of at least 4 members (excludes halogenated alkanes) is 7. The quantitative estimate of drug-likeness (QED) is 0.0454. The lowest BCUT2D eigenvalue weighted by molar-refractivity contribution is -0.157. The highest BCUT2D eigenvalue weighted by Gasteiger charge is 2.37. The van der Waals surface area contributed by atoms with Crippen LogP contribution in [0.5, 0.6) is 0 Å². The van der Waals surface area contributed by atoms with Crippen molar-refractivity contribution in [3.63, 3.8) is 0 Å². The maximum absolute atomic E-state index is 14.1. The predicted octanol–water partition coefficient (Wildman–Crippen LogP) is 1.85. The van der Waals surface area contributed by atoms with Crippen LogP contribution in [0, 0.1) is 23.7 Å². The van der Waals surface area contributed by atoms with Gasteiger partial charge in [-0.05, 0) is 31.1 Å². The summed E-state index contributed by atoms with van der Waals surface area (Å²) in [5.74, 6) is -5.81. The largest absolute Gasteiger partial charge is 0.460 e. The van der Waals surface area contributed by atoms with Crippen LogP contribution in [0.2, 0.25) is 0 Å². The highest BCUT2D eigenvalue weighted by Crippen LogP contribution is 2.22. The molecule has 9 N–H and O–H groups in total. The van der Waals surface area contributed by atoms with Gasteiger partial charge in [-0.25, -0.2) is 4.79 Å². The van der Waals surface area contributed by atoms with Crippen LogP contribution < -0.4 is 32.7 Å². The number of urea groups is 1. The maximum Gasteiger partial charge on any atom is 0.325 e. The van der Waals surface area contributed by atoms with Crippen molar-refractivity contribution >= 4 is 41.5 Å². The van der Waals surface area contributed by atoms with Gasteiger partial charge in [-0.1, -0.05) is 99.8 Å². The molecule has 0 aliphatic carbocycles. The monoisotopic (exact) mass is 756 g/mol.